The third-order valence-electron chi connectivity index (χ3n) is 3.01. The molecule has 0 unspecified atom stereocenters. The van der Waals surface area contributed by atoms with Gasteiger partial charge in [-0.3, -0.25) is 0 Å². The number of hydrogen-bond acceptors (Lipinski definition) is 4. The van der Waals surface area contributed by atoms with Gasteiger partial charge in [0.1, 0.15) is 12.1 Å². The summed E-state index contributed by atoms with van der Waals surface area (Å²) in [7, 11) is 0. The number of aromatic nitrogens is 4. The highest BCUT2D eigenvalue weighted by atomic mass is 19.3. The van der Waals surface area contributed by atoms with Gasteiger partial charge in [-0.15, -0.1) is 5.10 Å². The molecule has 8 heteroatoms. The lowest BCUT2D eigenvalue weighted by Gasteiger charge is -2.02. The Bertz CT molecular complexity index is 798. The number of rotatable bonds is 3. The van der Waals surface area contributed by atoms with Crippen LogP contribution < -0.4 is 5.73 Å². The van der Waals surface area contributed by atoms with Crippen molar-refractivity contribution in [1.29, 1.82) is 0 Å². The molecular weight excluding hydrogens is 295 g/mol. The predicted octanol–water partition coefficient (Wildman–Crippen LogP) is 2.99. The van der Waals surface area contributed by atoms with Crippen molar-refractivity contribution < 1.29 is 13.2 Å². The van der Waals surface area contributed by atoms with E-state index in [-0.39, 0.29) is 17.1 Å². The summed E-state index contributed by atoms with van der Waals surface area (Å²) in [4.78, 5) is 7.94. The van der Waals surface area contributed by atoms with Crippen LogP contribution in [-0.2, 0) is 0 Å². The van der Waals surface area contributed by atoms with Crippen molar-refractivity contribution in [2.45, 2.75) is 6.43 Å². The molecular formula is C14H10F3N5. The molecule has 2 N–H and O–H groups in total. The lowest BCUT2D eigenvalue weighted by Crippen LogP contribution is -1.99. The van der Waals surface area contributed by atoms with Gasteiger partial charge in [0.05, 0.1) is 5.69 Å². The van der Waals surface area contributed by atoms with E-state index in [9.17, 15) is 13.2 Å². The fraction of sp³-hybridized carbons (Fsp3) is 0.0714. The molecule has 0 aliphatic rings. The molecule has 112 valence electrons. The summed E-state index contributed by atoms with van der Waals surface area (Å²) in [5, 5.41) is 4.14. The Morgan fingerprint density at radius 2 is 1.91 bits per heavy atom. The lowest BCUT2D eigenvalue weighted by atomic mass is 10.2. The smallest absolute Gasteiger partial charge is 0.265 e. The molecule has 1 aromatic carbocycles. The van der Waals surface area contributed by atoms with Crippen LogP contribution in [0.15, 0.2) is 42.9 Å². The normalized spacial score (nSPS) is 11.1. The van der Waals surface area contributed by atoms with Crippen molar-refractivity contribution in [3.8, 4) is 17.2 Å². The summed E-state index contributed by atoms with van der Waals surface area (Å²) in [6.45, 7) is 0. The van der Waals surface area contributed by atoms with Crippen molar-refractivity contribution in [3.63, 3.8) is 0 Å². The molecule has 0 aliphatic carbocycles. The van der Waals surface area contributed by atoms with Gasteiger partial charge in [0, 0.05) is 17.3 Å². The van der Waals surface area contributed by atoms with Crippen LogP contribution in [0.5, 0.6) is 0 Å². The molecule has 0 saturated heterocycles. The van der Waals surface area contributed by atoms with Crippen LogP contribution in [0.4, 0.5) is 18.9 Å². The van der Waals surface area contributed by atoms with E-state index < -0.39 is 12.2 Å². The van der Waals surface area contributed by atoms with Crippen molar-refractivity contribution in [1.82, 2.24) is 19.7 Å². The first-order chi connectivity index (χ1) is 10.5. The number of benzene rings is 1. The van der Waals surface area contributed by atoms with E-state index in [2.05, 4.69) is 15.1 Å². The summed E-state index contributed by atoms with van der Waals surface area (Å²) < 4.78 is 39.7. The van der Waals surface area contributed by atoms with Gasteiger partial charge in [-0.1, -0.05) is 0 Å². The Morgan fingerprint density at radius 3 is 2.55 bits per heavy atom. The summed E-state index contributed by atoms with van der Waals surface area (Å²) in [6.07, 6.45) is -0.135. The second-order valence-corrected chi connectivity index (χ2v) is 4.50. The van der Waals surface area contributed by atoms with Crippen LogP contribution in [0.2, 0.25) is 0 Å². The average Bonchev–Trinajstić information content (AvgIpc) is 3.00. The monoisotopic (exact) mass is 305 g/mol. The third-order valence-corrected chi connectivity index (χ3v) is 3.01. The number of nitrogens with zero attached hydrogens (tertiary/aromatic N) is 4. The summed E-state index contributed by atoms with van der Waals surface area (Å²) in [5.74, 6) is 0.0472. The quantitative estimate of drug-likeness (QED) is 0.755. The number of halogens is 3. The second kappa shape index (κ2) is 5.47. The maximum atomic E-state index is 13.4. The van der Waals surface area contributed by atoms with E-state index in [0.717, 1.165) is 6.20 Å². The molecule has 0 bridgehead atoms. The molecule has 0 radical (unpaired) electrons. The molecule has 0 fully saturated rings. The van der Waals surface area contributed by atoms with Crippen molar-refractivity contribution >= 4 is 5.69 Å². The molecule has 0 spiro atoms. The maximum Gasteiger partial charge on any atom is 0.265 e. The highest BCUT2D eigenvalue weighted by Crippen LogP contribution is 2.21. The van der Waals surface area contributed by atoms with Crippen molar-refractivity contribution in [2.75, 3.05) is 5.73 Å². The van der Waals surface area contributed by atoms with Crippen LogP contribution in [0.25, 0.3) is 17.2 Å². The minimum atomic E-state index is -2.58. The van der Waals surface area contributed by atoms with E-state index in [1.54, 1.807) is 6.07 Å². The average molecular weight is 305 g/mol. The summed E-state index contributed by atoms with van der Waals surface area (Å²) in [5.41, 5.74) is 5.72. The molecule has 3 aromatic rings. The van der Waals surface area contributed by atoms with Crippen molar-refractivity contribution in [2.24, 2.45) is 0 Å². The van der Waals surface area contributed by atoms with E-state index in [1.807, 2.05) is 0 Å². The number of nitrogen functional groups attached to an aromatic ring is 1. The van der Waals surface area contributed by atoms with Crippen LogP contribution in [0.3, 0.4) is 0 Å². The standard InChI is InChI=1S/C14H10F3N5/c15-10-5-8(1-3-11(10)18)14-20-7-22(21-14)12-4-2-9(6-19-12)13(16)17/h1-7,13H,18H2. The van der Waals surface area contributed by atoms with Gasteiger partial charge in [0.25, 0.3) is 6.43 Å². The molecule has 0 amide bonds. The van der Waals surface area contributed by atoms with Crippen LogP contribution in [0.1, 0.15) is 12.0 Å². The number of pyridine rings is 1. The minimum absolute atomic E-state index is 0.0347. The van der Waals surface area contributed by atoms with E-state index >= 15 is 0 Å². The van der Waals surface area contributed by atoms with Crippen LogP contribution in [-0.4, -0.2) is 19.7 Å². The van der Waals surface area contributed by atoms with Crippen molar-refractivity contribution in [3.05, 3.63) is 54.2 Å². The zero-order valence-electron chi connectivity index (χ0n) is 11.1. The molecule has 5 nitrogen and oxygen atoms in total. The minimum Gasteiger partial charge on any atom is -0.396 e. The molecule has 3 rings (SSSR count). The van der Waals surface area contributed by atoms with Gasteiger partial charge in [0.2, 0.25) is 0 Å². The Labute approximate surface area is 123 Å². The number of alkyl halides is 2. The lowest BCUT2D eigenvalue weighted by molar-refractivity contribution is 0.151. The fourth-order valence-electron chi connectivity index (χ4n) is 1.83. The highest BCUT2D eigenvalue weighted by molar-refractivity contribution is 5.59. The topological polar surface area (TPSA) is 69.6 Å². The fourth-order valence-corrected chi connectivity index (χ4v) is 1.83. The Hall–Kier alpha value is -2.90. The molecule has 0 aliphatic heterocycles. The van der Waals surface area contributed by atoms with E-state index in [1.165, 1.54) is 35.3 Å². The number of nitrogens with two attached hydrogens (primary N) is 1. The van der Waals surface area contributed by atoms with Gasteiger partial charge in [-0.25, -0.2) is 27.8 Å². The third kappa shape index (κ3) is 2.62. The zero-order chi connectivity index (χ0) is 15.7. The first-order valence-electron chi connectivity index (χ1n) is 6.26. The van der Waals surface area contributed by atoms with Crippen LogP contribution >= 0.6 is 0 Å². The Kier molecular flexibility index (Phi) is 3.50. The van der Waals surface area contributed by atoms with E-state index in [4.69, 9.17) is 5.73 Å². The maximum absolute atomic E-state index is 13.4. The Balaban J connectivity index is 1.91. The largest absolute Gasteiger partial charge is 0.396 e. The van der Waals surface area contributed by atoms with Gasteiger partial charge in [0.15, 0.2) is 11.6 Å². The first kappa shape index (κ1) is 14.1. The van der Waals surface area contributed by atoms with Gasteiger partial charge >= 0.3 is 0 Å². The number of anilines is 1. The molecule has 2 aromatic heterocycles. The molecule has 22 heavy (non-hydrogen) atoms. The predicted molar refractivity (Wildman–Crippen MR) is 73.9 cm³/mol. The summed E-state index contributed by atoms with van der Waals surface area (Å²) in [6, 6.07) is 6.90. The molecule has 2 heterocycles. The second-order valence-electron chi connectivity index (χ2n) is 4.50. The summed E-state index contributed by atoms with van der Waals surface area (Å²) >= 11 is 0. The zero-order valence-corrected chi connectivity index (χ0v) is 11.1. The van der Waals surface area contributed by atoms with Gasteiger partial charge in [-0.2, -0.15) is 0 Å². The van der Waals surface area contributed by atoms with Crippen LogP contribution in [0, 0.1) is 5.82 Å². The number of hydrogen-bond donors (Lipinski definition) is 1. The SMILES string of the molecule is Nc1ccc(-c2ncn(-c3ccc(C(F)F)cn3)n2)cc1F. The molecule has 0 saturated carbocycles. The Morgan fingerprint density at radius 1 is 1.09 bits per heavy atom. The first-order valence-corrected chi connectivity index (χ1v) is 6.26. The van der Waals surface area contributed by atoms with Gasteiger partial charge in [-0.05, 0) is 30.3 Å². The van der Waals surface area contributed by atoms with Gasteiger partial charge < -0.3 is 5.73 Å². The highest BCUT2D eigenvalue weighted by Gasteiger charge is 2.10. The van der Waals surface area contributed by atoms with E-state index in [0.29, 0.717) is 11.4 Å². The molecule has 0 atom stereocenters.